The Labute approximate surface area is 159 Å². The molecule has 0 spiro atoms. The van der Waals surface area contributed by atoms with Gasteiger partial charge in [0.15, 0.2) is 0 Å². The lowest BCUT2D eigenvalue weighted by Gasteiger charge is -2.02. The van der Waals surface area contributed by atoms with E-state index in [2.05, 4.69) is 26.8 Å². The zero-order valence-electron chi connectivity index (χ0n) is 15.0. The molecule has 0 N–H and O–H groups in total. The van der Waals surface area contributed by atoms with Crippen LogP contribution in [0.1, 0.15) is 25.8 Å². The Kier molecular flexibility index (Phi) is 7.71. The van der Waals surface area contributed by atoms with Crippen LogP contribution in [0.25, 0.3) is 5.69 Å². The van der Waals surface area contributed by atoms with Crippen molar-refractivity contribution in [2.45, 2.75) is 20.3 Å². The second kappa shape index (κ2) is 10.3. The Morgan fingerprint density at radius 2 is 2.19 bits per heavy atom. The molecule has 0 aliphatic rings. The Bertz CT molecular complexity index is 859. The van der Waals surface area contributed by atoms with Crippen molar-refractivity contribution >= 4 is 30.2 Å². The van der Waals surface area contributed by atoms with Crippen molar-refractivity contribution in [3.8, 4) is 5.69 Å². The second-order valence-electron chi connectivity index (χ2n) is 5.34. The van der Waals surface area contributed by atoms with Gasteiger partial charge in [-0.1, -0.05) is 23.7 Å². The summed E-state index contributed by atoms with van der Waals surface area (Å²) in [5, 5.41) is 5.07. The third kappa shape index (κ3) is 5.63. The average Bonchev–Trinajstić information content (AvgIpc) is 3.13. The smallest absolute Gasteiger partial charge is 0.0693 e. The molecule has 2 rings (SSSR count). The largest absolute Gasteiger partial charge is 0.284 e. The summed E-state index contributed by atoms with van der Waals surface area (Å²) in [5.41, 5.74) is 3.59. The fourth-order valence-corrected chi connectivity index (χ4v) is 2.50. The maximum Gasteiger partial charge on any atom is 0.0693 e. The van der Waals surface area contributed by atoms with Crippen molar-refractivity contribution in [2.24, 2.45) is 15.0 Å². The lowest BCUT2D eigenvalue weighted by molar-refractivity contribution is 0.880. The van der Waals surface area contributed by atoms with Gasteiger partial charge in [0, 0.05) is 47.9 Å². The Balaban J connectivity index is 2.23. The SMILES string of the molecule is C=N/C=C\C(=NCC/C(=C/C)N=CC)c1cnn(-c2cccc(Cl)c2)c1. The number of halogens is 1. The molecule has 0 fully saturated rings. The van der Waals surface area contributed by atoms with Gasteiger partial charge in [-0.15, -0.1) is 0 Å². The second-order valence-corrected chi connectivity index (χ2v) is 5.77. The van der Waals surface area contributed by atoms with E-state index in [1.165, 1.54) is 0 Å². The monoisotopic (exact) mass is 367 g/mol. The van der Waals surface area contributed by atoms with E-state index in [1.54, 1.807) is 23.3 Å². The van der Waals surface area contributed by atoms with Crippen LogP contribution in [0.4, 0.5) is 0 Å². The summed E-state index contributed by atoms with van der Waals surface area (Å²) < 4.78 is 1.77. The van der Waals surface area contributed by atoms with E-state index < -0.39 is 0 Å². The van der Waals surface area contributed by atoms with Gasteiger partial charge in [0.1, 0.15) is 0 Å². The first kappa shape index (κ1) is 19.5. The first-order valence-corrected chi connectivity index (χ1v) is 8.67. The topological polar surface area (TPSA) is 54.9 Å². The van der Waals surface area contributed by atoms with Gasteiger partial charge < -0.3 is 0 Å². The highest BCUT2D eigenvalue weighted by Gasteiger charge is 2.06. The molecule has 0 atom stereocenters. The molecule has 1 aromatic heterocycles. The summed E-state index contributed by atoms with van der Waals surface area (Å²) in [6, 6.07) is 7.53. The molecule has 0 aliphatic heterocycles. The molecule has 0 aliphatic carbocycles. The van der Waals surface area contributed by atoms with Crippen LogP contribution in [0.3, 0.4) is 0 Å². The van der Waals surface area contributed by atoms with Gasteiger partial charge in [-0.05, 0) is 44.8 Å². The van der Waals surface area contributed by atoms with Gasteiger partial charge in [-0.2, -0.15) is 5.10 Å². The predicted molar refractivity (Wildman–Crippen MR) is 111 cm³/mol. The van der Waals surface area contributed by atoms with Crippen LogP contribution in [-0.2, 0) is 0 Å². The third-order valence-corrected chi connectivity index (χ3v) is 3.80. The molecule has 0 saturated heterocycles. The van der Waals surface area contributed by atoms with E-state index in [0.29, 0.717) is 11.6 Å². The minimum Gasteiger partial charge on any atom is -0.284 e. The highest BCUT2D eigenvalue weighted by atomic mass is 35.5. The van der Waals surface area contributed by atoms with Crippen LogP contribution in [-0.4, -0.2) is 35.0 Å². The number of allylic oxidation sites excluding steroid dienone is 2. The molecule has 5 nitrogen and oxygen atoms in total. The molecule has 0 radical (unpaired) electrons. The fourth-order valence-electron chi connectivity index (χ4n) is 2.32. The molecule has 1 aromatic carbocycles. The Morgan fingerprint density at radius 1 is 1.35 bits per heavy atom. The normalized spacial score (nSPS) is 13.0. The van der Waals surface area contributed by atoms with Crippen molar-refractivity contribution in [1.29, 1.82) is 0 Å². The van der Waals surface area contributed by atoms with Gasteiger partial charge in [-0.3, -0.25) is 15.0 Å². The Morgan fingerprint density at radius 3 is 2.88 bits per heavy atom. The lowest BCUT2D eigenvalue weighted by atomic mass is 10.2. The van der Waals surface area contributed by atoms with Gasteiger partial charge in [-0.25, -0.2) is 4.68 Å². The first-order valence-electron chi connectivity index (χ1n) is 8.29. The number of hydrogen-bond acceptors (Lipinski definition) is 4. The van der Waals surface area contributed by atoms with Crippen LogP contribution in [0.2, 0.25) is 5.02 Å². The molecule has 2 aromatic rings. The van der Waals surface area contributed by atoms with Gasteiger partial charge in [0.25, 0.3) is 0 Å². The molecule has 0 amide bonds. The highest BCUT2D eigenvalue weighted by Crippen LogP contribution is 2.15. The zero-order chi connectivity index (χ0) is 18.8. The summed E-state index contributed by atoms with van der Waals surface area (Å²) in [6.07, 6.45) is 11.7. The lowest BCUT2D eigenvalue weighted by Crippen LogP contribution is -1.98. The van der Waals surface area contributed by atoms with Crippen LogP contribution < -0.4 is 0 Å². The van der Waals surface area contributed by atoms with Gasteiger partial charge >= 0.3 is 0 Å². The van der Waals surface area contributed by atoms with E-state index in [0.717, 1.165) is 29.1 Å². The predicted octanol–water partition coefficient (Wildman–Crippen LogP) is 4.91. The van der Waals surface area contributed by atoms with E-state index in [4.69, 9.17) is 11.6 Å². The minimum atomic E-state index is 0.621. The first-order chi connectivity index (χ1) is 12.7. The summed E-state index contributed by atoms with van der Waals surface area (Å²) in [4.78, 5) is 12.8. The standard InChI is InChI=1S/C20H22ClN5/c1-4-18(23-5-2)9-12-24-20(10-11-22-3)16-14-25-26(15-16)19-8-6-7-17(21)13-19/h4-8,10-11,13-15H,3,9,12H2,1-2H3/b11-10-,18-4-,23-5?,24-20?. The van der Waals surface area contributed by atoms with E-state index in [1.807, 2.05) is 56.5 Å². The molecule has 26 heavy (non-hydrogen) atoms. The highest BCUT2D eigenvalue weighted by molar-refractivity contribution is 6.30. The molecule has 134 valence electrons. The van der Waals surface area contributed by atoms with Crippen molar-refractivity contribution in [2.75, 3.05) is 6.54 Å². The van der Waals surface area contributed by atoms with E-state index >= 15 is 0 Å². The fraction of sp³-hybridized carbons (Fsp3) is 0.200. The van der Waals surface area contributed by atoms with E-state index in [-0.39, 0.29) is 0 Å². The number of aliphatic imine (C=N–C) groups is 3. The Hall–Kier alpha value is -2.79. The molecular formula is C20H22ClN5. The quantitative estimate of drug-likeness (QED) is 0.611. The number of rotatable bonds is 8. The maximum absolute atomic E-state index is 6.06. The van der Waals surface area contributed by atoms with Crippen molar-refractivity contribution in [3.63, 3.8) is 0 Å². The van der Waals surface area contributed by atoms with Crippen molar-refractivity contribution in [1.82, 2.24) is 9.78 Å². The number of nitrogens with zero attached hydrogens (tertiary/aromatic N) is 5. The molecule has 1 heterocycles. The van der Waals surface area contributed by atoms with Crippen LogP contribution >= 0.6 is 11.6 Å². The van der Waals surface area contributed by atoms with Crippen LogP contribution in [0, 0.1) is 0 Å². The molecule has 0 unspecified atom stereocenters. The molecule has 6 heteroatoms. The molecule has 0 saturated carbocycles. The molecule has 0 bridgehead atoms. The summed E-state index contributed by atoms with van der Waals surface area (Å²) >= 11 is 6.06. The van der Waals surface area contributed by atoms with Crippen LogP contribution in [0.5, 0.6) is 0 Å². The minimum absolute atomic E-state index is 0.621. The summed E-state index contributed by atoms with van der Waals surface area (Å²) in [7, 11) is 0. The van der Waals surface area contributed by atoms with Gasteiger partial charge in [0.05, 0.1) is 17.6 Å². The average molecular weight is 368 g/mol. The maximum atomic E-state index is 6.06. The third-order valence-electron chi connectivity index (χ3n) is 3.57. The number of benzene rings is 1. The van der Waals surface area contributed by atoms with Gasteiger partial charge in [0.2, 0.25) is 0 Å². The van der Waals surface area contributed by atoms with Crippen molar-refractivity contribution < 1.29 is 0 Å². The number of aromatic nitrogens is 2. The number of hydrogen-bond donors (Lipinski definition) is 0. The summed E-state index contributed by atoms with van der Waals surface area (Å²) in [6.45, 7) is 7.98. The zero-order valence-corrected chi connectivity index (χ0v) is 15.8. The van der Waals surface area contributed by atoms with Crippen LogP contribution in [0.15, 0.2) is 75.7 Å². The molecular weight excluding hydrogens is 346 g/mol. The van der Waals surface area contributed by atoms with Crippen molar-refractivity contribution in [3.05, 3.63) is 71.3 Å². The summed E-state index contributed by atoms with van der Waals surface area (Å²) in [5.74, 6) is 0. The van der Waals surface area contributed by atoms with E-state index in [9.17, 15) is 0 Å².